The van der Waals surface area contributed by atoms with Gasteiger partial charge < -0.3 is 14.5 Å². The van der Waals surface area contributed by atoms with Crippen molar-refractivity contribution >= 4 is 16.9 Å². The summed E-state index contributed by atoms with van der Waals surface area (Å²) in [7, 11) is 1.61. The SMILES string of the molecule is COc1ccccc1-c1nn(-c2ccccc2)cc1C(=O)NCc1cc2ccccc2o1. The first-order valence-electron chi connectivity index (χ1n) is 10.3. The van der Waals surface area contributed by atoms with E-state index in [1.807, 2.05) is 84.9 Å². The van der Waals surface area contributed by atoms with Gasteiger partial charge in [0.05, 0.1) is 24.9 Å². The number of para-hydroxylation sites is 3. The standard InChI is InChI=1S/C26H21N3O3/c1-31-24-14-8-6-12-21(24)25-22(17-29(28-25)19-10-3-2-4-11-19)26(30)27-16-20-15-18-9-5-7-13-23(18)32-20/h2-15,17H,16H2,1H3,(H,27,30). The van der Waals surface area contributed by atoms with Gasteiger partial charge in [-0.2, -0.15) is 5.10 Å². The first-order chi connectivity index (χ1) is 15.7. The molecule has 6 nitrogen and oxygen atoms in total. The van der Waals surface area contributed by atoms with E-state index in [1.165, 1.54) is 0 Å². The molecule has 0 fully saturated rings. The summed E-state index contributed by atoms with van der Waals surface area (Å²) in [6.45, 7) is 0.273. The molecule has 0 aliphatic carbocycles. The predicted octanol–water partition coefficient (Wildman–Crippen LogP) is 5.22. The van der Waals surface area contributed by atoms with Gasteiger partial charge in [-0.3, -0.25) is 4.79 Å². The van der Waals surface area contributed by atoms with Crippen LogP contribution >= 0.6 is 0 Å². The molecule has 158 valence electrons. The number of nitrogens with one attached hydrogen (secondary N) is 1. The van der Waals surface area contributed by atoms with Gasteiger partial charge in [-0.15, -0.1) is 0 Å². The maximum absolute atomic E-state index is 13.2. The van der Waals surface area contributed by atoms with Crippen LogP contribution < -0.4 is 10.1 Å². The van der Waals surface area contributed by atoms with E-state index in [-0.39, 0.29) is 12.5 Å². The number of carbonyl (C=O) groups is 1. The number of aromatic nitrogens is 2. The van der Waals surface area contributed by atoms with Crippen molar-refractivity contribution in [2.45, 2.75) is 6.54 Å². The van der Waals surface area contributed by atoms with E-state index < -0.39 is 0 Å². The van der Waals surface area contributed by atoms with Crippen LogP contribution in [0, 0.1) is 0 Å². The first kappa shape index (κ1) is 19.6. The van der Waals surface area contributed by atoms with Gasteiger partial charge in [-0.1, -0.05) is 48.5 Å². The Morgan fingerprint density at radius 3 is 2.56 bits per heavy atom. The molecule has 2 aromatic heterocycles. The van der Waals surface area contributed by atoms with Crippen molar-refractivity contribution in [1.29, 1.82) is 0 Å². The van der Waals surface area contributed by atoms with Gasteiger partial charge in [0.25, 0.3) is 5.91 Å². The Labute approximate surface area is 185 Å². The fourth-order valence-corrected chi connectivity index (χ4v) is 3.68. The number of hydrogen-bond donors (Lipinski definition) is 1. The van der Waals surface area contributed by atoms with Crippen LogP contribution in [-0.2, 0) is 6.54 Å². The smallest absolute Gasteiger partial charge is 0.255 e. The van der Waals surface area contributed by atoms with Gasteiger partial charge in [0.2, 0.25) is 0 Å². The summed E-state index contributed by atoms with van der Waals surface area (Å²) in [4.78, 5) is 13.2. The summed E-state index contributed by atoms with van der Waals surface area (Å²) in [6.07, 6.45) is 1.74. The summed E-state index contributed by atoms with van der Waals surface area (Å²) >= 11 is 0. The average molecular weight is 423 g/mol. The molecule has 1 amide bonds. The molecule has 0 spiro atoms. The van der Waals surface area contributed by atoms with E-state index >= 15 is 0 Å². The van der Waals surface area contributed by atoms with Crippen molar-refractivity contribution < 1.29 is 13.9 Å². The Bertz CT molecular complexity index is 1350. The molecule has 6 heteroatoms. The summed E-state index contributed by atoms with van der Waals surface area (Å²) in [6, 6.07) is 26.9. The Kier molecular flexibility index (Phi) is 5.17. The second-order valence-corrected chi connectivity index (χ2v) is 7.30. The minimum Gasteiger partial charge on any atom is -0.496 e. The Morgan fingerprint density at radius 2 is 1.75 bits per heavy atom. The largest absolute Gasteiger partial charge is 0.496 e. The zero-order valence-corrected chi connectivity index (χ0v) is 17.5. The number of nitrogens with zero attached hydrogens (tertiary/aromatic N) is 2. The lowest BCUT2D eigenvalue weighted by molar-refractivity contribution is 0.0949. The maximum atomic E-state index is 13.2. The number of carbonyl (C=O) groups excluding carboxylic acids is 1. The third kappa shape index (κ3) is 3.74. The van der Waals surface area contributed by atoms with Gasteiger partial charge in [0.15, 0.2) is 0 Å². The predicted molar refractivity (Wildman–Crippen MR) is 123 cm³/mol. The normalized spacial score (nSPS) is 10.9. The lowest BCUT2D eigenvalue weighted by atomic mass is 10.1. The van der Waals surface area contributed by atoms with E-state index in [9.17, 15) is 4.79 Å². The molecular weight excluding hydrogens is 402 g/mol. The Morgan fingerprint density at radius 1 is 1.00 bits per heavy atom. The third-order valence-electron chi connectivity index (χ3n) is 5.24. The molecular formula is C26H21N3O3. The summed E-state index contributed by atoms with van der Waals surface area (Å²) in [5.41, 5.74) is 3.41. The molecule has 0 unspecified atom stereocenters. The van der Waals surface area contributed by atoms with Crippen molar-refractivity contribution in [2.75, 3.05) is 7.11 Å². The summed E-state index contributed by atoms with van der Waals surface area (Å²) in [5.74, 6) is 1.10. The van der Waals surface area contributed by atoms with Crippen molar-refractivity contribution in [1.82, 2.24) is 15.1 Å². The Hall–Kier alpha value is -4.32. The van der Waals surface area contributed by atoms with E-state index in [4.69, 9.17) is 14.3 Å². The molecule has 0 radical (unpaired) electrons. The molecule has 5 aromatic rings. The molecule has 0 aliphatic rings. The molecule has 0 bridgehead atoms. The summed E-state index contributed by atoms with van der Waals surface area (Å²) in [5, 5.41) is 8.69. The maximum Gasteiger partial charge on any atom is 0.255 e. The minimum atomic E-state index is -0.242. The first-order valence-corrected chi connectivity index (χ1v) is 10.3. The number of methoxy groups -OCH3 is 1. The van der Waals surface area contributed by atoms with Gasteiger partial charge in [0, 0.05) is 17.1 Å². The number of fused-ring (bicyclic) bond motifs is 1. The van der Waals surface area contributed by atoms with Gasteiger partial charge >= 0.3 is 0 Å². The van der Waals surface area contributed by atoms with Crippen LogP contribution in [0.15, 0.2) is 95.5 Å². The molecule has 0 saturated carbocycles. The monoisotopic (exact) mass is 423 g/mol. The lowest BCUT2D eigenvalue weighted by Crippen LogP contribution is -2.22. The zero-order chi connectivity index (χ0) is 21.9. The van der Waals surface area contributed by atoms with E-state index in [1.54, 1.807) is 18.0 Å². The highest BCUT2D eigenvalue weighted by molar-refractivity contribution is 6.00. The minimum absolute atomic E-state index is 0.242. The van der Waals surface area contributed by atoms with Crippen LogP contribution in [0.2, 0.25) is 0 Å². The fourth-order valence-electron chi connectivity index (χ4n) is 3.68. The number of ether oxygens (including phenoxy) is 1. The van der Waals surface area contributed by atoms with Crippen LogP contribution in [0.1, 0.15) is 16.1 Å². The molecule has 5 rings (SSSR count). The van der Waals surface area contributed by atoms with Crippen LogP contribution in [0.5, 0.6) is 5.75 Å². The van der Waals surface area contributed by atoms with Crippen molar-refractivity contribution in [3.05, 3.63) is 102 Å². The molecule has 1 N–H and O–H groups in total. The highest BCUT2D eigenvalue weighted by Crippen LogP contribution is 2.31. The number of benzene rings is 3. The molecule has 3 aromatic carbocycles. The van der Waals surface area contributed by atoms with E-state index in [2.05, 4.69) is 5.32 Å². The number of hydrogen-bond acceptors (Lipinski definition) is 4. The zero-order valence-electron chi connectivity index (χ0n) is 17.5. The lowest BCUT2D eigenvalue weighted by Gasteiger charge is -2.08. The topological polar surface area (TPSA) is 69.3 Å². The van der Waals surface area contributed by atoms with Crippen molar-refractivity contribution in [2.24, 2.45) is 0 Å². The van der Waals surface area contributed by atoms with Gasteiger partial charge in [0.1, 0.15) is 22.8 Å². The number of rotatable bonds is 6. The number of amides is 1. The van der Waals surface area contributed by atoms with Crippen LogP contribution in [0.25, 0.3) is 27.9 Å². The van der Waals surface area contributed by atoms with Gasteiger partial charge in [-0.25, -0.2) is 4.68 Å². The second-order valence-electron chi connectivity index (χ2n) is 7.30. The molecule has 32 heavy (non-hydrogen) atoms. The molecule has 0 atom stereocenters. The quantitative estimate of drug-likeness (QED) is 0.406. The second kappa shape index (κ2) is 8.43. The van der Waals surface area contributed by atoms with Crippen LogP contribution in [-0.4, -0.2) is 22.8 Å². The van der Waals surface area contributed by atoms with E-state index in [0.717, 1.165) is 22.2 Å². The average Bonchev–Trinajstić information content (AvgIpc) is 3.47. The van der Waals surface area contributed by atoms with Crippen molar-refractivity contribution in [3.63, 3.8) is 0 Å². The van der Waals surface area contributed by atoms with Crippen LogP contribution in [0.3, 0.4) is 0 Å². The Balaban J connectivity index is 1.49. The number of furan rings is 1. The summed E-state index contributed by atoms with van der Waals surface area (Å²) < 4.78 is 13.0. The van der Waals surface area contributed by atoms with Crippen LogP contribution in [0.4, 0.5) is 0 Å². The van der Waals surface area contributed by atoms with Gasteiger partial charge in [-0.05, 0) is 36.4 Å². The highest BCUT2D eigenvalue weighted by Gasteiger charge is 2.21. The molecule has 0 aliphatic heterocycles. The molecule has 0 saturated heterocycles. The third-order valence-corrected chi connectivity index (χ3v) is 5.24. The van der Waals surface area contributed by atoms with Crippen molar-refractivity contribution in [3.8, 4) is 22.7 Å². The highest BCUT2D eigenvalue weighted by atomic mass is 16.5. The fraction of sp³-hybridized carbons (Fsp3) is 0.0769. The molecule has 2 heterocycles. The van der Waals surface area contributed by atoms with E-state index in [0.29, 0.717) is 22.8 Å².